The van der Waals surface area contributed by atoms with E-state index in [1.54, 1.807) is 0 Å². The zero-order chi connectivity index (χ0) is 13.9. The maximum absolute atomic E-state index is 6.05. The van der Waals surface area contributed by atoms with Crippen molar-refractivity contribution in [2.45, 2.75) is 39.7 Å². The molecule has 0 fully saturated rings. The fraction of sp³-hybridized carbons (Fsp3) is 0.571. The lowest BCUT2D eigenvalue weighted by molar-refractivity contribution is 0.0706. The fourth-order valence-electron chi connectivity index (χ4n) is 1.78. The Bertz CT molecular complexity index is 433. The summed E-state index contributed by atoms with van der Waals surface area (Å²) >= 11 is 0. The monoisotopic (exact) mass is 264 g/mol. The van der Waals surface area contributed by atoms with Gasteiger partial charge in [-0.2, -0.15) is 0 Å². The highest BCUT2D eigenvalue weighted by Crippen LogP contribution is 2.30. The molecule has 104 valence electrons. The quantitative estimate of drug-likeness (QED) is 0.739. The Labute approximate surface area is 115 Å². The lowest BCUT2D eigenvalue weighted by Gasteiger charge is -2.28. The molecule has 1 aliphatic heterocycles. The van der Waals surface area contributed by atoms with Crippen LogP contribution in [0.4, 0.5) is 0 Å². The molecule has 1 aliphatic rings. The molecule has 19 heavy (non-hydrogen) atoms. The molecule has 1 heterocycles. The first-order valence-electron chi connectivity index (χ1n) is 6.74. The van der Waals surface area contributed by atoms with Crippen LogP contribution in [-0.2, 0) is 9.31 Å². The number of ether oxygens (including phenoxy) is 2. The topological polar surface area (TPSA) is 36.9 Å². The summed E-state index contributed by atoms with van der Waals surface area (Å²) in [6.07, 6.45) is 0.918. The summed E-state index contributed by atoms with van der Waals surface area (Å²) in [6, 6.07) is 5.78. The molecule has 1 aromatic rings. The summed E-state index contributed by atoms with van der Waals surface area (Å²) in [6.45, 7) is 9.06. The van der Waals surface area contributed by atoms with Gasteiger partial charge in [0.25, 0.3) is 0 Å². The normalized spacial score (nSPS) is 13.7. The minimum absolute atomic E-state index is 0.226. The van der Waals surface area contributed by atoms with E-state index >= 15 is 0 Å². The third kappa shape index (κ3) is 3.42. The van der Waals surface area contributed by atoms with Crippen LogP contribution in [0.3, 0.4) is 0 Å². The van der Waals surface area contributed by atoms with E-state index in [1.165, 1.54) is 0 Å². The molecule has 2 rings (SSSR count). The molecule has 0 N–H and O–H groups in total. The highest BCUT2D eigenvalue weighted by atomic mass is 16.7. The van der Waals surface area contributed by atoms with Gasteiger partial charge in [0.2, 0.25) is 6.79 Å². The van der Waals surface area contributed by atoms with Crippen LogP contribution in [0.15, 0.2) is 18.2 Å². The maximum atomic E-state index is 6.05. The van der Waals surface area contributed by atoms with Gasteiger partial charge in [0.15, 0.2) is 11.5 Å². The Balaban J connectivity index is 2.19. The Morgan fingerprint density at radius 2 is 1.95 bits per heavy atom. The zero-order valence-corrected chi connectivity index (χ0v) is 12.1. The molecule has 0 atom stereocenters. The van der Waals surface area contributed by atoms with Crippen LogP contribution in [0.5, 0.6) is 11.5 Å². The van der Waals surface area contributed by atoms with Gasteiger partial charge in [-0.3, -0.25) is 0 Å². The van der Waals surface area contributed by atoms with Crippen molar-refractivity contribution in [2.24, 2.45) is 0 Å². The van der Waals surface area contributed by atoms with Crippen molar-refractivity contribution >= 4 is 12.6 Å². The lowest BCUT2D eigenvalue weighted by Crippen LogP contribution is -2.43. The summed E-state index contributed by atoms with van der Waals surface area (Å²) in [4.78, 5) is 0. The van der Waals surface area contributed by atoms with Crippen molar-refractivity contribution in [1.82, 2.24) is 0 Å². The number of hydrogen-bond acceptors (Lipinski definition) is 4. The molecule has 0 aliphatic carbocycles. The Hall–Kier alpha value is -1.20. The second kappa shape index (κ2) is 5.84. The van der Waals surface area contributed by atoms with Gasteiger partial charge in [0.05, 0.1) is 0 Å². The number of rotatable bonds is 6. The first-order valence-corrected chi connectivity index (χ1v) is 6.74. The summed E-state index contributed by atoms with van der Waals surface area (Å²) in [5, 5.41) is 0. The summed E-state index contributed by atoms with van der Waals surface area (Å²) in [5.74, 6) is 1.52. The number of fused-ring (bicyclic) bond motifs is 1. The van der Waals surface area contributed by atoms with E-state index < -0.39 is 0 Å². The molecule has 1 aromatic carbocycles. The molecule has 0 aromatic heterocycles. The van der Waals surface area contributed by atoms with Crippen LogP contribution in [0, 0.1) is 0 Å². The standard InChI is InChI=1S/C14H21BO4/c1-5-14(3,4)19-15(18-6-2)11-7-8-12-13(9-11)17-10-16-12/h7-9H,5-6,10H2,1-4H3. The number of hydrogen-bond donors (Lipinski definition) is 0. The van der Waals surface area contributed by atoms with E-state index in [-0.39, 0.29) is 19.5 Å². The van der Waals surface area contributed by atoms with Gasteiger partial charge in [-0.05, 0) is 44.8 Å². The fourth-order valence-corrected chi connectivity index (χ4v) is 1.78. The first-order chi connectivity index (χ1) is 9.05. The van der Waals surface area contributed by atoms with Crippen molar-refractivity contribution in [1.29, 1.82) is 0 Å². The van der Waals surface area contributed by atoms with E-state index in [0.29, 0.717) is 6.61 Å². The molecule has 0 saturated carbocycles. The van der Waals surface area contributed by atoms with E-state index in [1.807, 2.05) is 25.1 Å². The average molecular weight is 264 g/mol. The smallest absolute Gasteiger partial charge is 0.454 e. The molecular formula is C14H21BO4. The van der Waals surface area contributed by atoms with Gasteiger partial charge in [0.1, 0.15) is 0 Å². The molecule has 0 unspecified atom stereocenters. The third-order valence-corrected chi connectivity index (χ3v) is 3.26. The summed E-state index contributed by atoms with van der Waals surface area (Å²) < 4.78 is 22.5. The molecule has 5 heteroatoms. The van der Waals surface area contributed by atoms with Gasteiger partial charge >= 0.3 is 7.12 Å². The molecule has 0 spiro atoms. The Morgan fingerprint density at radius 3 is 2.63 bits per heavy atom. The molecule has 4 nitrogen and oxygen atoms in total. The van der Waals surface area contributed by atoms with Gasteiger partial charge in [-0.15, -0.1) is 0 Å². The second-order valence-electron chi connectivity index (χ2n) is 5.13. The van der Waals surface area contributed by atoms with Crippen molar-refractivity contribution in [2.75, 3.05) is 13.4 Å². The van der Waals surface area contributed by atoms with Crippen LogP contribution in [0.2, 0.25) is 0 Å². The Kier molecular flexibility index (Phi) is 4.37. The van der Waals surface area contributed by atoms with Crippen molar-refractivity contribution < 1.29 is 18.8 Å². The van der Waals surface area contributed by atoms with Gasteiger partial charge in [0, 0.05) is 12.2 Å². The Morgan fingerprint density at radius 1 is 1.21 bits per heavy atom. The van der Waals surface area contributed by atoms with E-state index in [0.717, 1.165) is 23.4 Å². The van der Waals surface area contributed by atoms with Crippen molar-refractivity contribution in [3.05, 3.63) is 18.2 Å². The molecular weight excluding hydrogens is 243 g/mol. The van der Waals surface area contributed by atoms with E-state index in [9.17, 15) is 0 Å². The minimum Gasteiger partial charge on any atom is -0.454 e. The van der Waals surface area contributed by atoms with Crippen LogP contribution in [0.25, 0.3) is 0 Å². The summed E-state index contributed by atoms with van der Waals surface area (Å²) in [7, 11) is -0.380. The van der Waals surface area contributed by atoms with Gasteiger partial charge in [-0.1, -0.05) is 13.0 Å². The van der Waals surface area contributed by atoms with Crippen molar-refractivity contribution in [3.63, 3.8) is 0 Å². The summed E-state index contributed by atoms with van der Waals surface area (Å²) in [5.41, 5.74) is 0.726. The number of benzene rings is 1. The highest BCUT2D eigenvalue weighted by molar-refractivity contribution is 6.61. The highest BCUT2D eigenvalue weighted by Gasteiger charge is 2.30. The SMILES string of the molecule is CCOB(OC(C)(C)CC)c1ccc2c(c1)OCO2. The average Bonchev–Trinajstić information content (AvgIpc) is 2.85. The van der Waals surface area contributed by atoms with Crippen molar-refractivity contribution in [3.8, 4) is 11.5 Å². The molecule has 0 bridgehead atoms. The van der Waals surface area contributed by atoms with Crippen LogP contribution in [0.1, 0.15) is 34.1 Å². The minimum atomic E-state index is -0.380. The maximum Gasteiger partial charge on any atom is 0.494 e. The molecule has 0 amide bonds. The van der Waals surface area contributed by atoms with E-state index in [4.69, 9.17) is 18.8 Å². The predicted molar refractivity (Wildman–Crippen MR) is 75.0 cm³/mol. The second-order valence-corrected chi connectivity index (χ2v) is 5.13. The van der Waals surface area contributed by atoms with Gasteiger partial charge in [-0.25, -0.2) is 0 Å². The molecule has 0 saturated heterocycles. The van der Waals surface area contributed by atoms with Crippen LogP contribution >= 0.6 is 0 Å². The third-order valence-electron chi connectivity index (χ3n) is 3.26. The zero-order valence-electron chi connectivity index (χ0n) is 12.1. The largest absolute Gasteiger partial charge is 0.494 e. The van der Waals surface area contributed by atoms with Crippen LogP contribution < -0.4 is 14.9 Å². The first kappa shape index (κ1) is 14.2. The lowest BCUT2D eigenvalue weighted by atomic mass is 9.77. The van der Waals surface area contributed by atoms with Crippen LogP contribution in [-0.4, -0.2) is 26.1 Å². The van der Waals surface area contributed by atoms with Gasteiger partial charge < -0.3 is 18.8 Å². The van der Waals surface area contributed by atoms with E-state index in [2.05, 4.69) is 20.8 Å². The molecule has 0 radical (unpaired) electrons. The predicted octanol–water partition coefficient (Wildman–Crippen LogP) is 2.35.